The van der Waals surface area contributed by atoms with Gasteiger partial charge in [-0.05, 0) is 54.6 Å². The van der Waals surface area contributed by atoms with Crippen LogP contribution < -0.4 is 0 Å². The summed E-state index contributed by atoms with van der Waals surface area (Å²) in [4.78, 5) is 12.5. The van der Waals surface area contributed by atoms with Crippen molar-refractivity contribution in [1.82, 2.24) is 9.78 Å². The number of ketones is 1. The molecule has 0 N–H and O–H groups in total. The molecule has 1 heterocycles. The van der Waals surface area contributed by atoms with Crippen molar-refractivity contribution in [3.8, 4) is 0 Å². The lowest BCUT2D eigenvalue weighted by Crippen LogP contribution is -2.14. The monoisotopic (exact) mass is 408 g/mol. The Labute approximate surface area is 135 Å². The topological polar surface area (TPSA) is 34.9 Å². The van der Waals surface area contributed by atoms with E-state index in [2.05, 4.69) is 27.7 Å². The van der Waals surface area contributed by atoms with Gasteiger partial charge in [0.05, 0.1) is 16.2 Å². The van der Waals surface area contributed by atoms with Crippen LogP contribution in [-0.2, 0) is 0 Å². The number of halogens is 3. The molecule has 0 radical (unpaired) electrons. The molecule has 0 atom stereocenters. The number of carbonyl (C=O) groups is 1. The predicted octanol–water partition coefficient (Wildman–Crippen LogP) is 4.61. The molecule has 0 fully saturated rings. The second-order valence-corrected chi connectivity index (χ2v) is 6.31. The highest BCUT2D eigenvalue weighted by atomic mass is 127. The van der Waals surface area contributed by atoms with E-state index in [4.69, 9.17) is 23.2 Å². The van der Waals surface area contributed by atoms with Gasteiger partial charge in [-0.3, -0.25) is 9.48 Å². The molecule has 0 saturated heterocycles. The Morgan fingerprint density at radius 1 is 1.32 bits per heavy atom. The Balaban J connectivity index is 2.49. The smallest absolute Gasteiger partial charge is 0.212 e. The zero-order valence-electron chi connectivity index (χ0n) is 10.3. The second kappa shape index (κ2) is 5.81. The number of nitrogens with zero attached hydrogens (tertiary/aromatic N) is 2. The summed E-state index contributed by atoms with van der Waals surface area (Å²) in [6, 6.07) is 5.26. The Morgan fingerprint density at radius 3 is 2.58 bits per heavy atom. The van der Waals surface area contributed by atoms with Crippen molar-refractivity contribution < 1.29 is 4.79 Å². The minimum absolute atomic E-state index is 0.0609. The lowest BCUT2D eigenvalue weighted by Gasteiger charge is -2.11. The zero-order valence-corrected chi connectivity index (χ0v) is 14.0. The Kier molecular flexibility index (Phi) is 4.53. The Hall–Kier alpha value is -0.590. The van der Waals surface area contributed by atoms with Gasteiger partial charge in [-0.2, -0.15) is 5.10 Å². The average Bonchev–Trinajstić information content (AvgIpc) is 2.74. The van der Waals surface area contributed by atoms with Crippen LogP contribution in [-0.4, -0.2) is 15.6 Å². The van der Waals surface area contributed by atoms with Crippen LogP contribution in [0.2, 0.25) is 10.0 Å². The molecular formula is C13H11Cl2IN2O. The minimum Gasteiger partial charge on any atom is -0.287 e. The molecule has 1 aromatic carbocycles. The van der Waals surface area contributed by atoms with Gasteiger partial charge in [0.1, 0.15) is 5.69 Å². The van der Waals surface area contributed by atoms with Crippen molar-refractivity contribution >= 4 is 51.6 Å². The number of hydrogen-bond acceptors (Lipinski definition) is 2. The molecule has 0 aliphatic heterocycles. The molecule has 2 aromatic rings. The van der Waals surface area contributed by atoms with Gasteiger partial charge in [-0.15, -0.1) is 0 Å². The number of hydrogen-bond donors (Lipinski definition) is 0. The molecule has 19 heavy (non-hydrogen) atoms. The van der Waals surface area contributed by atoms with Gasteiger partial charge >= 0.3 is 0 Å². The molecule has 0 spiro atoms. The van der Waals surface area contributed by atoms with Crippen molar-refractivity contribution in [2.45, 2.75) is 19.9 Å². The van der Waals surface area contributed by atoms with Crippen molar-refractivity contribution in [2.75, 3.05) is 0 Å². The number of benzene rings is 1. The van der Waals surface area contributed by atoms with Crippen molar-refractivity contribution in [3.63, 3.8) is 0 Å². The van der Waals surface area contributed by atoms with Crippen molar-refractivity contribution in [3.05, 3.63) is 49.3 Å². The van der Waals surface area contributed by atoms with E-state index in [1.165, 1.54) is 6.20 Å². The van der Waals surface area contributed by atoms with E-state index in [0.29, 0.717) is 21.3 Å². The highest BCUT2D eigenvalue weighted by Crippen LogP contribution is 2.25. The summed E-state index contributed by atoms with van der Waals surface area (Å²) in [6.07, 6.45) is 1.49. The number of carbonyl (C=O) groups excluding carboxylic acids is 1. The highest BCUT2D eigenvalue weighted by Gasteiger charge is 2.21. The lowest BCUT2D eigenvalue weighted by molar-refractivity contribution is 0.102. The van der Waals surface area contributed by atoms with Crippen LogP contribution in [0.4, 0.5) is 0 Å². The summed E-state index contributed by atoms with van der Waals surface area (Å²) >= 11 is 14.2. The van der Waals surface area contributed by atoms with Gasteiger partial charge in [0, 0.05) is 15.2 Å². The minimum atomic E-state index is -0.172. The molecular weight excluding hydrogens is 398 g/mol. The molecule has 100 valence electrons. The third-order valence-electron chi connectivity index (χ3n) is 2.64. The lowest BCUT2D eigenvalue weighted by atomic mass is 10.1. The van der Waals surface area contributed by atoms with Gasteiger partial charge in [-0.25, -0.2) is 0 Å². The summed E-state index contributed by atoms with van der Waals surface area (Å²) in [6.45, 7) is 3.89. The maximum atomic E-state index is 12.5. The predicted molar refractivity (Wildman–Crippen MR) is 85.2 cm³/mol. The Bertz CT molecular complexity index is 638. The summed E-state index contributed by atoms with van der Waals surface area (Å²) < 4.78 is 2.52. The fraction of sp³-hybridized carbons (Fsp3) is 0.231. The van der Waals surface area contributed by atoms with Gasteiger partial charge in [0.2, 0.25) is 5.78 Å². The van der Waals surface area contributed by atoms with Gasteiger partial charge in [0.25, 0.3) is 0 Å². The first kappa shape index (κ1) is 14.8. The third-order valence-corrected chi connectivity index (χ3v) is 4.49. The van der Waals surface area contributed by atoms with Crippen LogP contribution in [0.15, 0.2) is 24.4 Å². The molecule has 0 saturated carbocycles. The number of aromatic nitrogens is 2. The van der Waals surface area contributed by atoms with E-state index in [9.17, 15) is 4.79 Å². The first-order valence-corrected chi connectivity index (χ1v) is 7.48. The van der Waals surface area contributed by atoms with Gasteiger partial charge in [-0.1, -0.05) is 23.2 Å². The fourth-order valence-corrected chi connectivity index (χ4v) is 2.45. The quantitative estimate of drug-likeness (QED) is 0.549. The van der Waals surface area contributed by atoms with E-state index in [1.54, 1.807) is 22.9 Å². The first-order valence-electron chi connectivity index (χ1n) is 5.64. The largest absolute Gasteiger partial charge is 0.287 e. The molecule has 0 unspecified atom stereocenters. The summed E-state index contributed by atoms with van der Waals surface area (Å²) in [5.74, 6) is -0.172. The van der Waals surface area contributed by atoms with Gasteiger partial charge < -0.3 is 0 Å². The van der Waals surface area contributed by atoms with Crippen molar-refractivity contribution in [2.24, 2.45) is 0 Å². The zero-order chi connectivity index (χ0) is 14.2. The molecule has 3 nitrogen and oxygen atoms in total. The summed E-state index contributed by atoms with van der Waals surface area (Å²) in [7, 11) is 0. The van der Waals surface area contributed by atoms with E-state index >= 15 is 0 Å². The maximum absolute atomic E-state index is 12.5. The molecule has 0 aliphatic carbocycles. The van der Waals surface area contributed by atoms with Crippen LogP contribution >= 0.6 is 45.8 Å². The van der Waals surface area contributed by atoms with Crippen LogP contribution in [0.1, 0.15) is 35.9 Å². The third kappa shape index (κ3) is 2.95. The molecule has 0 amide bonds. The SMILES string of the molecule is CC(C)n1ncc(Cl)c1C(=O)c1ccc(I)c(Cl)c1. The van der Waals surface area contributed by atoms with E-state index in [-0.39, 0.29) is 11.8 Å². The average molecular weight is 409 g/mol. The molecule has 2 rings (SSSR count). The molecule has 0 aliphatic rings. The van der Waals surface area contributed by atoms with Crippen LogP contribution in [0.3, 0.4) is 0 Å². The summed E-state index contributed by atoms with van der Waals surface area (Å²) in [5, 5.41) is 5.04. The molecule has 1 aromatic heterocycles. The number of rotatable bonds is 3. The van der Waals surface area contributed by atoms with Gasteiger partial charge in [0.15, 0.2) is 0 Å². The second-order valence-electron chi connectivity index (χ2n) is 4.34. The first-order chi connectivity index (χ1) is 8.91. The maximum Gasteiger partial charge on any atom is 0.212 e. The van der Waals surface area contributed by atoms with E-state index in [1.807, 2.05) is 13.8 Å². The van der Waals surface area contributed by atoms with Crippen LogP contribution in [0, 0.1) is 3.57 Å². The molecule has 0 bridgehead atoms. The van der Waals surface area contributed by atoms with E-state index in [0.717, 1.165) is 3.57 Å². The normalized spacial score (nSPS) is 11.1. The van der Waals surface area contributed by atoms with Crippen molar-refractivity contribution in [1.29, 1.82) is 0 Å². The molecule has 6 heteroatoms. The standard InChI is InChI=1S/C13H11Cl2IN2O/c1-7(2)18-12(10(15)6-17-18)13(19)8-3-4-11(16)9(14)5-8/h3-7H,1-2H3. The van der Waals surface area contributed by atoms with E-state index < -0.39 is 0 Å². The van der Waals surface area contributed by atoms with Crippen LogP contribution in [0.25, 0.3) is 0 Å². The summed E-state index contributed by atoms with van der Waals surface area (Å²) in [5.41, 5.74) is 0.906. The Morgan fingerprint density at radius 2 is 2.00 bits per heavy atom. The highest BCUT2D eigenvalue weighted by molar-refractivity contribution is 14.1. The van der Waals surface area contributed by atoms with Crippen LogP contribution in [0.5, 0.6) is 0 Å². The fourth-order valence-electron chi connectivity index (χ4n) is 1.72.